The van der Waals surface area contributed by atoms with Gasteiger partial charge in [0, 0.05) is 35.6 Å². The van der Waals surface area contributed by atoms with Crippen LogP contribution in [-0.2, 0) is 0 Å². The summed E-state index contributed by atoms with van der Waals surface area (Å²) in [5.41, 5.74) is 0. The predicted octanol–water partition coefficient (Wildman–Crippen LogP) is 1.87. The Kier molecular flexibility index (Phi) is 7.57. The number of nitrogens with one attached hydrogen (secondary N) is 1. The molecule has 0 saturated carbocycles. The third kappa shape index (κ3) is 6.38. The molecule has 1 aromatic rings. The molecule has 0 amide bonds. The van der Waals surface area contributed by atoms with Gasteiger partial charge in [-0.05, 0) is 24.3 Å². The number of ether oxygens (including phenoxy) is 2. The van der Waals surface area contributed by atoms with Crippen LogP contribution in [0.15, 0.2) is 24.3 Å². The highest BCUT2D eigenvalue weighted by Gasteiger charge is 2.14. The van der Waals surface area contributed by atoms with E-state index in [0.717, 1.165) is 18.0 Å². The second-order valence-electron chi connectivity index (χ2n) is 4.87. The van der Waals surface area contributed by atoms with E-state index >= 15 is 0 Å². The number of benzene rings is 1. The second kappa shape index (κ2) is 9.46. The van der Waals surface area contributed by atoms with E-state index in [0.29, 0.717) is 18.4 Å². The van der Waals surface area contributed by atoms with Crippen LogP contribution in [0.2, 0.25) is 0 Å². The van der Waals surface area contributed by atoms with Gasteiger partial charge in [-0.2, -0.15) is 23.5 Å². The van der Waals surface area contributed by atoms with Crippen molar-refractivity contribution in [3.05, 3.63) is 24.3 Å². The number of aliphatic hydroxyl groups excluding tert-OH is 1. The van der Waals surface area contributed by atoms with E-state index in [9.17, 15) is 5.11 Å². The maximum absolute atomic E-state index is 9.92. The minimum Gasteiger partial charge on any atom is -0.497 e. The molecule has 1 saturated heterocycles. The van der Waals surface area contributed by atoms with Crippen molar-refractivity contribution in [3.8, 4) is 11.5 Å². The lowest BCUT2D eigenvalue weighted by atomic mass is 10.3. The maximum Gasteiger partial charge on any atom is 0.119 e. The number of aliphatic hydroxyl groups is 1. The van der Waals surface area contributed by atoms with Crippen molar-refractivity contribution in [2.45, 2.75) is 11.4 Å². The van der Waals surface area contributed by atoms with E-state index in [1.165, 1.54) is 17.3 Å². The van der Waals surface area contributed by atoms with Gasteiger partial charge in [-0.15, -0.1) is 0 Å². The zero-order valence-corrected chi connectivity index (χ0v) is 13.9. The monoisotopic (exact) mass is 329 g/mol. The van der Waals surface area contributed by atoms with Crippen LogP contribution in [0.5, 0.6) is 11.5 Å². The number of methoxy groups -OCH3 is 1. The average molecular weight is 329 g/mol. The van der Waals surface area contributed by atoms with E-state index in [1.807, 2.05) is 47.8 Å². The molecule has 2 atom stereocenters. The fourth-order valence-corrected chi connectivity index (χ4v) is 4.64. The van der Waals surface area contributed by atoms with Crippen LogP contribution in [0.1, 0.15) is 0 Å². The fourth-order valence-electron chi connectivity index (χ4n) is 1.99. The van der Waals surface area contributed by atoms with Crippen LogP contribution in [0.3, 0.4) is 0 Å². The zero-order valence-electron chi connectivity index (χ0n) is 12.3. The fraction of sp³-hybridized carbons (Fsp3) is 0.600. The molecular formula is C15H23NO3S2. The molecule has 1 aromatic carbocycles. The van der Waals surface area contributed by atoms with Gasteiger partial charge in [0.05, 0.1) is 7.11 Å². The molecule has 1 aliphatic heterocycles. The minimum atomic E-state index is -0.492. The molecule has 0 radical (unpaired) electrons. The van der Waals surface area contributed by atoms with Crippen molar-refractivity contribution in [2.75, 3.05) is 44.1 Å². The van der Waals surface area contributed by atoms with E-state index in [1.54, 1.807) is 7.11 Å². The summed E-state index contributed by atoms with van der Waals surface area (Å²) < 4.78 is 10.6. The Morgan fingerprint density at radius 2 is 2.05 bits per heavy atom. The highest BCUT2D eigenvalue weighted by molar-refractivity contribution is 8.06. The van der Waals surface area contributed by atoms with Crippen LogP contribution in [0.25, 0.3) is 0 Å². The van der Waals surface area contributed by atoms with Gasteiger partial charge in [0.2, 0.25) is 0 Å². The van der Waals surface area contributed by atoms with Crippen LogP contribution >= 0.6 is 23.5 Å². The quantitative estimate of drug-likeness (QED) is 0.759. The summed E-state index contributed by atoms with van der Waals surface area (Å²) in [6, 6.07) is 7.37. The molecule has 0 aromatic heterocycles. The third-order valence-corrected chi connectivity index (χ3v) is 5.98. The molecule has 1 heterocycles. The molecule has 2 N–H and O–H groups in total. The molecule has 2 unspecified atom stereocenters. The number of rotatable bonds is 8. The van der Waals surface area contributed by atoms with Crippen LogP contribution in [0.4, 0.5) is 0 Å². The van der Waals surface area contributed by atoms with Gasteiger partial charge in [0.15, 0.2) is 0 Å². The van der Waals surface area contributed by atoms with E-state index < -0.39 is 6.10 Å². The van der Waals surface area contributed by atoms with Crippen molar-refractivity contribution in [1.29, 1.82) is 0 Å². The third-order valence-electron chi connectivity index (χ3n) is 3.14. The van der Waals surface area contributed by atoms with Crippen molar-refractivity contribution < 1.29 is 14.6 Å². The first-order valence-electron chi connectivity index (χ1n) is 7.13. The molecule has 4 nitrogen and oxygen atoms in total. The molecule has 0 aliphatic carbocycles. The van der Waals surface area contributed by atoms with Crippen LogP contribution < -0.4 is 14.8 Å². The molecule has 0 spiro atoms. The summed E-state index contributed by atoms with van der Waals surface area (Å²) in [5.74, 6) is 5.25. The molecule has 1 aliphatic rings. The Morgan fingerprint density at radius 3 is 2.71 bits per heavy atom. The topological polar surface area (TPSA) is 50.7 Å². The Bertz CT molecular complexity index is 396. The van der Waals surface area contributed by atoms with Gasteiger partial charge in [0.1, 0.15) is 24.2 Å². The van der Waals surface area contributed by atoms with Gasteiger partial charge < -0.3 is 19.9 Å². The summed E-state index contributed by atoms with van der Waals surface area (Å²) in [7, 11) is 1.63. The lowest BCUT2D eigenvalue weighted by Crippen LogP contribution is -2.36. The zero-order chi connectivity index (χ0) is 14.9. The summed E-state index contributed by atoms with van der Waals surface area (Å²) in [6.45, 7) is 1.82. The van der Waals surface area contributed by atoms with Gasteiger partial charge in [-0.1, -0.05) is 0 Å². The Morgan fingerprint density at radius 1 is 1.29 bits per heavy atom. The van der Waals surface area contributed by atoms with Crippen molar-refractivity contribution in [3.63, 3.8) is 0 Å². The molecule has 2 rings (SSSR count). The SMILES string of the molecule is COc1ccc(OCC(O)CNCC2CSCCS2)cc1. The summed E-state index contributed by atoms with van der Waals surface area (Å²) in [6.07, 6.45) is -0.492. The Labute approximate surface area is 135 Å². The lowest BCUT2D eigenvalue weighted by Gasteiger charge is -2.22. The van der Waals surface area contributed by atoms with Gasteiger partial charge >= 0.3 is 0 Å². The molecule has 6 heteroatoms. The Balaban J connectivity index is 1.59. The molecule has 1 fully saturated rings. The minimum absolute atomic E-state index is 0.298. The van der Waals surface area contributed by atoms with Gasteiger partial charge in [-0.25, -0.2) is 0 Å². The second-order valence-corrected chi connectivity index (χ2v) is 7.42. The summed E-state index contributed by atoms with van der Waals surface area (Å²) in [5, 5.41) is 13.9. The lowest BCUT2D eigenvalue weighted by molar-refractivity contribution is 0.106. The van der Waals surface area contributed by atoms with Crippen LogP contribution in [-0.4, -0.2) is 60.5 Å². The normalized spacial score (nSPS) is 20.0. The largest absolute Gasteiger partial charge is 0.497 e. The number of thioether (sulfide) groups is 2. The van der Waals surface area contributed by atoms with Crippen molar-refractivity contribution in [1.82, 2.24) is 5.32 Å². The first-order chi connectivity index (χ1) is 10.3. The Hall–Kier alpha value is -0.560. The molecular weight excluding hydrogens is 306 g/mol. The predicted molar refractivity (Wildman–Crippen MR) is 90.9 cm³/mol. The first kappa shape index (κ1) is 16.8. The molecule has 118 valence electrons. The number of hydrogen-bond donors (Lipinski definition) is 2. The average Bonchev–Trinajstić information content (AvgIpc) is 2.54. The first-order valence-corrected chi connectivity index (χ1v) is 9.33. The van der Waals surface area contributed by atoms with Crippen molar-refractivity contribution in [2.24, 2.45) is 0 Å². The molecule has 0 bridgehead atoms. The van der Waals surface area contributed by atoms with E-state index in [-0.39, 0.29) is 0 Å². The van der Waals surface area contributed by atoms with Gasteiger partial charge in [-0.3, -0.25) is 0 Å². The smallest absolute Gasteiger partial charge is 0.119 e. The van der Waals surface area contributed by atoms with Crippen LogP contribution in [0, 0.1) is 0 Å². The standard InChI is InChI=1S/C15H23NO3S2/c1-18-13-2-4-14(5-3-13)19-10-12(17)8-16-9-15-11-20-6-7-21-15/h2-5,12,15-17H,6-11H2,1H3. The van der Waals surface area contributed by atoms with E-state index in [2.05, 4.69) is 5.32 Å². The van der Waals surface area contributed by atoms with E-state index in [4.69, 9.17) is 9.47 Å². The number of hydrogen-bond acceptors (Lipinski definition) is 6. The maximum atomic E-state index is 9.92. The van der Waals surface area contributed by atoms with Crippen molar-refractivity contribution >= 4 is 23.5 Å². The highest BCUT2D eigenvalue weighted by Crippen LogP contribution is 2.23. The summed E-state index contributed by atoms with van der Waals surface area (Å²) >= 11 is 4.03. The highest BCUT2D eigenvalue weighted by atomic mass is 32.2. The van der Waals surface area contributed by atoms with Gasteiger partial charge in [0.25, 0.3) is 0 Å². The molecule has 21 heavy (non-hydrogen) atoms. The summed E-state index contributed by atoms with van der Waals surface area (Å²) in [4.78, 5) is 0.